The Morgan fingerprint density at radius 3 is 2.75 bits per heavy atom. The van der Waals surface area contributed by atoms with Gasteiger partial charge in [0, 0.05) is 26.7 Å². The zero-order valence-corrected chi connectivity index (χ0v) is 10.2. The third-order valence-electron chi connectivity index (χ3n) is 3.03. The number of hydrogen-bond acceptors (Lipinski definition) is 3. The lowest BCUT2D eigenvalue weighted by atomic mass is 9.89. The molecule has 1 heterocycles. The molecule has 0 aromatic rings. The van der Waals surface area contributed by atoms with Gasteiger partial charge in [-0.15, -0.1) is 0 Å². The molecule has 5 heteroatoms. The number of amides is 2. The lowest BCUT2D eigenvalue weighted by Gasteiger charge is -2.22. The van der Waals surface area contributed by atoms with Crippen molar-refractivity contribution in [3.8, 4) is 0 Å². The van der Waals surface area contributed by atoms with E-state index in [1.807, 2.05) is 13.8 Å². The van der Waals surface area contributed by atoms with Gasteiger partial charge in [-0.1, -0.05) is 0 Å². The minimum atomic E-state index is -0.448. The molecule has 1 aliphatic heterocycles. The van der Waals surface area contributed by atoms with Crippen LogP contribution in [0.3, 0.4) is 0 Å². The Balaban J connectivity index is 2.51. The van der Waals surface area contributed by atoms with Crippen molar-refractivity contribution in [3.05, 3.63) is 0 Å². The minimum Gasteiger partial charge on any atom is -0.372 e. The Labute approximate surface area is 96.1 Å². The van der Waals surface area contributed by atoms with Crippen molar-refractivity contribution in [2.45, 2.75) is 20.3 Å². The Bertz CT molecular complexity index is 280. The molecule has 1 saturated heterocycles. The topological polar surface area (TPSA) is 58.6 Å². The molecule has 0 aromatic carbocycles. The van der Waals surface area contributed by atoms with Gasteiger partial charge in [0.2, 0.25) is 11.8 Å². The lowest BCUT2D eigenvalue weighted by molar-refractivity contribution is -0.136. The van der Waals surface area contributed by atoms with Crippen molar-refractivity contribution in [3.63, 3.8) is 0 Å². The first kappa shape index (κ1) is 13.0. The number of carbonyl (C=O) groups is 2. The molecular weight excluding hydrogens is 208 g/mol. The second-order valence-electron chi connectivity index (χ2n) is 4.34. The van der Waals surface area contributed by atoms with E-state index in [1.165, 1.54) is 0 Å². The molecule has 0 aliphatic carbocycles. The van der Waals surface area contributed by atoms with Crippen LogP contribution in [0.4, 0.5) is 0 Å². The summed E-state index contributed by atoms with van der Waals surface area (Å²) in [6.45, 7) is 5.51. The van der Waals surface area contributed by atoms with E-state index in [1.54, 1.807) is 11.9 Å². The SMILES string of the molecule is CCOCC(=O)N1CCC(C)(C(=O)NC)C1. The van der Waals surface area contributed by atoms with Gasteiger partial charge in [-0.3, -0.25) is 9.59 Å². The van der Waals surface area contributed by atoms with E-state index in [-0.39, 0.29) is 18.4 Å². The van der Waals surface area contributed by atoms with Gasteiger partial charge in [0.15, 0.2) is 0 Å². The van der Waals surface area contributed by atoms with Crippen LogP contribution in [0.25, 0.3) is 0 Å². The first-order valence-corrected chi connectivity index (χ1v) is 5.61. The van der Waals surface area contributed by atoms with Gasteiger partial charge in [-0.25, -0.2) is 0 Å². The maximum Gasteiger partial charge on any atom is 0.248 e. The highest BCUT2D eigenvalue weighted by Gasteiger charge is 2.41. The molecule has 2 amide bonds. The van der Waals surface area contributed by atoms with E-state index in [4.69, 9.17) is 4.74 Å². The molecule has 1 unspecified atom stereocenters. The first-order chi connectivity index (χ1) is 7.53. The summed E-state index contributed by atoms with van der Waals surface area (Å²) in [7, 11) is 1.62. The fourth-order valence-corrected chi connectivity index (χ4v) is 1.94. The first-order valence-electron chi connectivity index (χ1n) is 5.61. The number of nitrogens with zero attached hydrogens (tertiary/aromatic N) is 1. The molecule has 1 rings (SSSR count). The monoisotopic (exact) mass is 228 g/mol. The number of carbonyl (C=O) groups excluding carboxylic acids is 2. The summed E-state index contributed by atoms with van der Waals surface area (Å²) >= 11 is 0. The molecule has 1 fully saturated rings. The summed E-state index contributed by atoms with van der Waals surface area (Å²) in [6.07, 6.45) is 0.713. The summed E-state index contributed by atoms with van der Waals surface area (Å²) < 4.78 is 5.07. The van der Waals surface area contributed by atoms with Gasteiger partial charge in [0.1, 0.15) is 6.61 Å². The lowest BCUT2D eigenvalue weighted by Crippen LogP contribution is -2.41. The van der Waals surface area contributed by atoms with Gasteiger partial charge in [-0.2, -0.15) is 0 Å². The quantitative estimate of drug-likeness (QED) is 0.737. The fraction of sp³-hybridized carbons (Fsp3) is 0.818. The van der Waals surface area contributed by atoms with Crippen molar-refractivity contribution in [2.75, 3.05) is 33.4 Å². The van der Waals surface area contributed by atoms with Crippen LogP contribution < -0.4 is 5.32 Å². The van der Waals surface area contributed by atoms with Crippen LogP contribution in [0, 0.1) is 5.41 Å². The van der Waals surface area contributed by atoms with Crippen molar-refractivity contribution in [1.29, 1.82) is 0 Å². The molecule has 92 valence electrons. The minimum absolute atomic E-state index is 0.000732. The Kier molecular flexibility index (Phi) is 4.29. The van der Waals surface area contributed by atoms with E-state index >= 15 is 0 Å². The number of rotatable bonds is 4. The van der Waals surface area contributed by atoms with Crippen LogP contribution in [0.1, 0.15) is 20.3 Å². The van der Waals surface area contributed by atoms with Crippen molar-refractivity contribution >= 4 is 11.8 Å². The highest BCUT2D eigenvalue weighted by atomic mass is 16.5. The number of likely N-dealkylation sites (tertiary alicyclic amines) is 1. The van der Waals surface area contributed by atoms with Gasteiger partial charge in [0.25, 0.3) is 0 Å². The third-order valence-corrected chi connectivity index (χ3v) is 3.03. The summed E-state index contributed by atoms with van der Waals surface area (Å²) in [4.78, 5) is 25.0. The number of nitrogens with one attached hydrogen (secondary N) is 1. The predicted octanol–water partition coefficient (Wildman–Crippen LogP) is 0.00750. The molecule has 16 heavy (non-hydrogen) atoms. The average molecular weight is 228 g/mol. The van der Waals surface area contributed by atoms with Gasteiger partial charge >= 0.3 is 0 Å². The maximum absolute atomic E-state index is 11.7. The highest BCUT2D eigenvalue weighted by Crippen LogP contribution is 2.29. The van der Waals surface area contributed by atoms with E-state index in [0.29, 0.717) is 26.1 Å². The van der Waals surface area contributed by atoms with Gasteiger partial charge in [0.05, 0.1) is 5.41 Å². The maximum atomic E-state index is 11.7. The summed E-state index contributed by atoms with van der Waals surface area (Å²) in [6, 6.07) is 0. The molecular formula is C11H20N2O3. The highest BCUT2D eigenvalue weighted by molar-refractivity contribution is 5.85. The fourth-order valence-electron chi connectivity index (χ4n) is 1.94. The van der Waals surface area contributed by atoms with Crippen molar-refractivity contribution < 1.29 is 14.3 Å². The number of hydrogen-bond donors (Lipinski definition) is 1. The average Bonchev–Trinajstić information content (AvgIpc) is 2.69. The van der Waals surface area contributed by atoms with Crippen LogP contribution in [0.2, 0.25) is 0 Å². The molecule has 1 aliphatic rings. The van der Waals surface area contributed by atoms with E-state index in [0.717, 1.165) is 0 Å². The second-order valence-corrected chi connectivity index (χ2v) is 4.34. The second kappa shape index (κ2) is 5.30. The van der Waals surface area contributed by atoms with Crippen LogP contribution in [0.5, 0.6) is 0 Å². The van der Waals surface area contributed by atoms with Crippen LogP contribution >= 0.6 is 0 Å². The van der Waals surface area contributed by atoms with Gasteiger partial charge < -0.3 is 15.0 Å². The standard InChI is InChI=1S/C11H20N2O3/c1-4-16-7-9(14)13-6-5-11(2,8-13)10(15)12-3/h4-8H2,1-3H3,(H,12,15). The third kappa shape index (κ3) is 2.72. The van der Waals surface area contributed by atoms with Crippen LogP contribution in [-0.4, -0.2) is 50.1 Å². The Morgan fingerprint density at radius 1 is 1.50 bits per heavy atom. The van der Waals surface area contributed by atoms with Gasteiger partial charge in [-0.05, 0) is 20.3 Å². The normalized spacial score (nSPS) is 24.6. The summed E-state index contributed by atoms with van der Waals surface area (Å²) in [5.41, 5.74) is -0.448. The Hall–Kier alpha value is -1.10. The van der Waals surface area contributed by atoms with E-state index in [2.05, 4.69) is 5.32 Å². The van der Waals surface area contributed by atoms with Crippen molar-refractivity contribution in [2.24, 2.45) is 5.41 Å². The largest absolute Gasteiger partial charge is 0.372 e. The molecule has 1 N–H and O–H groups in total. The molecule has 1 atom stereocenters. The molecule has 0 spiro atoms. The summed E-state index contributed by atoms with van der Waals surface area (Å²) in [5, 5.41) is 2.64. The molecule has 0 radical (unpaired) electrons. The number of ether oxygens (including phenoxy) is 1. The van der Waals surface area contributed by atoms with Crippen LogP contribution in [-0.2, 0) is 14.3 Å². The predicted molar refractivity (Wildman–Crippen MR) is 59.9 cm³/mol. The molecule has 5 nitrogen and oxygen atoms in total. The zero-order chi connectivity index (χ0) is 12.2. The molecule has 0 bridgehead atoms. The zero-order valence-electron chi connectivity index (χ0n) is 10.2. The summed E-state index contributed by atoms with van der Waals surface area (Å²) in [5.74, 6) is -0.0336. The smallest absolute Gasteiger partial charge is 0.248 e. The molecule has 0 aromatic heterocycles. The van der Waals surface area contributed by atoms with E-state index in [9.17, 15) is 9.59 Å². The van der Waals surface area contributed by atoms with Crippen molar-refractivity contribution in [1.82, 2.24) is 10.2 Å². The van der Waals surface area contributed by atoms with Crippen LogP contribution in [0.15, 0.2) is 0 Å². The van der Waals surface area contributed by atoms with E-state index < -0.39 is 5.41 Å². The molecule has 0 saturated carbocycles. The Morgan fingerprint density at radius 2 is 2.19 bits per heavy atom.